The summed E-state index contributed by atoms with van der Waals surface area (Å²) in [4.78, 5) is 61.9. The predicted octanol–water partition coefficient (Wildman–Crippen LogP) is 9.39. The van der Waals surface area contributed by atoms with Crippen LogP contribution in [0.4, 0.5) is 5.82 Å². The Hall–Kier alpha value is -3.32. The molecule has 0 amide bonds. The van der Waals surface area contributed by atoms with E-state index in [1.165, 1.54) is 57.4 Å². The number of aromatic nitrogens is 2. The van der Waals surface area contributed by atoms with E-state index in [0.29, 0.717) is 19.3 Å². The van der Waals surface area contributed by atoms with E-state index >= 15 is 0 Å². The van der Waals surface area contributed by atoms with Crippen molar-refractivity contribution in [2.75, 3.05) is 32.2 Å². The molecule has 1 aromatic heterocycles. The van der Waals surface area contributed by atoms with Crippen molar-refractivity contribution in [1.82, 2.24) is 9.55 Å². The summed E-state index contributed by atoms with van der Waals surface area (Å²) in [6.45, 7) is 2.41. The van der Waals surface area contributed by atoms with E-state index in [0.717, 1.165) is 87.3 Å². The number of allylic oxidation sites excluding steroid dienone is 8. The molecule has 71 heavy (non-hydrogen) atoms. The van der Waals surface area contributed by atoms with Crippen LogP contribution in [0.5, 0.6) is 0 Å². The molecular formula is C50H85N3O16P2. The lowest BCUT2D eigenvalue weighted by molar-refractivity contribution is -0.161. The minimum atomic E-state index is -5.44. The fourth-order valence-corrected chi connectivity index (χ4v) is 9.52. The van der Waals surface area contributed by atoms with Gasteiger partial charge in [-0.1, -0.05) is 146 Å². The molecule has 406 valence electrons. The second-order valence-corrected chi connectivity index (χ2v) is 21.3. The third-order valence-electron chi connectivity index (χ3n) is 11.4. The number of aliphatic hydroxyl groups excluding tert-OH is 3. The number of aliphatic hydroxyl groups is 3. The lowest BCUT2D eigenvalue weighted by Crippen LogP contribution is -2.36. The average molecular weight is 1050 g/mol. The molecule has 0 spiro atoms. The Morgan fingerprint density at radius 1 is 0.718 bits per heavy atom. The van der Waals surface area contributed by atoms with Crippen LogP contribution in [0.15, 0.2) is 65.7 Å². The van der Waals surface area contributed by atoms with Crippen LogP contribution in [0.1, 0.15) is 174 Å². The van der Waals surface area contributed by atoms with E-state index in [-0.39, 0.29) is 25.3 Å². The second-order valence-electron chi connectivity index (χ2n) is 18.2. The molecule has 1 fully saturated rings. The van der Waals surface area contributed by atoms with Gasteiger partial charge in [0.2, 0.25) is 0 Å². The largest absolute Gasteiger partial charge is 0.481 e. The van der Waals surface area contributed by atoms with Gasteiger partial charge in [-0.3, -0.25) is 23.2 Å². The summed E-state index contributed by atoms with van der Waals surface area (Å²) in [5, 5.41) is 29.7. The van der Waals surface area contributed by atoms with Crippen molar-refractivity contribution < 1.29 is 71.4 Å². The SMILES string of the molecule is CC(C)CCCCCCCCCCCCCCC(=O)O[C@H](COC(=O)CCC/C=C\C/C=C\C/C=C\C/C=C\CCCCCO)COP(=O)(O)OP(=O)(O)OC[C@H]1O[C@@H](n2ccc(N)nc2=O)[C@H](O)[C@@H]1O. The number of esters is 2. The maximum Gasteiger partial charge on any atom is 0.481 e. The first-order valence-electron chi connectivity index (χ1n) is 25.6. The number of anilines is 1. The maximum atomic E-state index is 12.9. The molecule has 0 bridgehead atoms. The van der Waals surface area contributed by atoms with Gasteiger partial charge < -0.3 is 45.1 Å². The second kappa shape index (κ2) is 38.3. The van der Waals surface area contributed by atoms with Gasteiger partial charge in [0, 0.05) is 25.6 Å². The number of hydrogen-bond acceptors (Lipinski definition) is 16. The van der Waals surface area contributed by atoms with Crippen molar-refractivity contribution in [3.05, 3.63) is 71.4 Å². The highest BCUT2D eigenvalue weighted by molar-refractivity contribution is 7.61. The number of hydrogen-bond donors (Lipinski definition) is 6. The number of ether oxygens (including phenoxy) is 3. The maximum absolute atomic E-state index is 12.9. The summed E-state index contributed by atoms with van der Waals surface area (Å²) >= 11 is 0. The van der Waals surface area contributed by atoms with Crippen molar-refractivity contribution in [1.29, 1.82) is 0 Å². The molecule has 0 saturated carbocycles. The lowest BCUT2D eigenvalue weighted by Gasteiger charge is -2.21. The van der Waals surface area contributed by atoms with Crippen LogP contribution in [-0.2, 0) is 46.3 Å². The van der Waals surface area contributed by atoms with Gasteiger partial charge in [0.05, 0.1) is 13.2 Å². The molecule has 7 atom stereocenters. The highest BCUT2D eigenvalue weighted by Gasteiger charge is 2.46. The summed E-state index contributed by atoms with van der Waals surface area (Å²) in [7, 11) is -10.9. The number of unbranched alkanes of at least 4 members (excludes halogenated alkanes) is 15. The number of nitrogens with zero attached hydrogens (tertiary/aromatic N) is 2. The van der Waals surface area contributed by atoms with Crippen molar-refractivity contribution in [2.24, 2.45) is 5.92 Å². The van der Waals surface area contributed by atoms with Crippen molar-refractivity contribution in [3.8, 4) is 0 Å². The van der Waals surface area contributed by atoms with E-state index in [2.05, 4.69) is 59.6 Å². The zero-order chi connectivity index (χ0) is 52.2. The van der Waals surface area contributed by atoms with Crippen LogP contribution in [0.2, 0.25) is 0 Å². The van der Waals surface area contributed by atoms with Crippen LogP contribution in [0.25, 0.3) is 0 Å². The number of nitrogens with two attached hydrogens (primary N) is 1. The number of phosphoric acid groups is 2. The fourth-order valence-electron chi connectivity index (χ4n) is 7.41. The van der Waals surface area contributed by atoms with Gasteiger partial charge >= 0.3 is 33.3 Å². The Kier molecular flexibility index (Phi) is 34.4. The van der Waals surface area contributed by atoms with Crippen molar-refractivity contribution in [2.45, 2.75) is 199 Å². The Morgan fingerprint density at radius 2 is 1.24 bits per heavy atom. The van der Waals surface area contributed by atoms with E-state index in [1.54, 1.807) is 0 Å². The van der Waals surface area contributed by atoms with E-state index in [1.807, 2.05) is 12.2 Å². The molecule has 1 aliphatic heterocycles. The molecule has 1 saturated heterocycles. The molecular weight excluding hydrogens is 961 g/mol. The molecule has 2 rings (SSSR count). The van der Waals surface area contributed by atoms with Crippen LogP contribution >= 0.6 is 15.6 Å². The minimum absolute atomic E-state index is 0.0337. The van der Waals surface area contributed by atoms with Gasteiger partial charge in [-0.05, 0) is 69.8 Å². The Labute approximate surface area is 421 Å². The zero-order valence-corrected chi connectivity index (χ0v) is 43.9. The van der Waals surface area contributed by atoms with Crippen LogP contribution < -0.4 is 11.4 Å². The van der Waals surface area contributed by atoms with Gasteiger partial charge in [0.25, 0.3) is 0 Å². The number of phosphoric ester groups is 2. The molecule has 2 unspecified atom stereocenters. The van der Waals surface area contributed by atoms with Gasteiger partial charge in [0.15, 0.2) is 12.3 Å². The van der Waals surface area contributed by atoms with Crippen LogP contribution in [0.3, 0.4) is 0 Å². The fraction of sp³-hybridized carbons (Fsp3) is 0.720. The summed E-state index contributed by atoms with van der Waals surface area (Å²) in [5.74, 6) is -0.611. The number of carbonyl (C=O) groups is 2. The summed E-state index contributed by atoms with van der Waals surface area (Å²) in [6, 6.07) is 1.24. The average Bonchev–Trinajstić information content (AvgIpc) is 3.59. The number of nitrogen functional groups attached to an aromatic ring is 1. The molecule has 0 aliphatic carbocycles. The van der Waals surface area contributed by atoms with E-state index in [4.69, 9.17) is 34.1 Å². The Bertz CT molecular complexity index is 1890. The van der Waals surface area contributed by atoms with Crippen LogP contribution in [0, 0.1) is 5.92 Å². The summed E-state index contributed by atoms with van der Waals surface area (Å²) in [5.41, 5.74) is 4.58. The molecule has 21 heteroatoms. The number of carbonyl (C=O) groups excluding carboxylic acids is 2. The minimum Gasteiger partial charge on any atom is -0.462 e. The molecule has 0 aromatic carbocycles. The molecule has 19 nitrogen and oxygen atoms in total. The zero-order valence-electron chi connectivity index (χ0n) is 42.1. The first-order valence-corrected chi connectivity index (χ1v) is 28.6. The highest BCUT2D eigenvalue weighted by atomic mass is 31.3. The Balaban J connectivity index is 1.82. The third kappa shape index (κ3) is 31.8. The van der Waals surface area contributed by atoms with Gasteiger partial charge in [-0.2, -0.15) is 9.29 Å². The summed E-state index contributed by atoms with van der Waals surface area (Å²) < 4.78 is 56.7. The predicted molar refractivity (Wildman–Crippen MR) is 272 cm³/mol. The van der Waals surface area contributed by atoms with Gasteiger partial charge in [0.1, 0.15) is 30.7 Å². The quantitative estimate of drug-likeness (QED) is 0.0154. The standard InChI is InChI=1S/C50H85N3O16P2/c1-41(2)32-28-24-20-16-12-9-10-14-18-22-26-30-34-46(56)67-42(38-64-45(55)33-29-25-21-17-13-8-6-4-3-5-7-11-15-19-23-27-31-37-54)39-65-70(60,61)69-71(62,63)66-40-43-47(57)48(58)49(68-43)53-36-35-44(51)52-50(53)59/h3,5-6,8,11,15,17,21,35-36,41-43,47-49,54,57-58H,4,7,9-10,12-14,16,18-20,22-34,37-40H2,1-2H3,(H,60,61)(H,62,63)(H2,51,52,59)/b5-3-,8-6-,15-11-,21-17-/t42-,43-,47-,48-,49-/m1/s1. The smallest absolute Gasteiger partial charge is 0.462 e. The van der Waals surface area contributed by atoms with Crippen molar-refractivity contribution in [3.63, 3.8) is 0 Å². The molecule has 7 N–H and O–H groups in total. The molecule has 1 aromatic rings. The third-order valence-corrected chi connectivity index (χ3v) is 14.0. The van der Waals surface area contributed by atoms with Crippen LogP contribution in [-0.4, -0.2) is 97.4 Å². The summed E-state index contributed by atoms with van der Waals surface area (Å²) in [6.07, 6.45) is 32.2. The lowest BCUT2D eigenvalue weighted by atomic mass is 10.0. The van der Waals surface area contributed by atoms with E-state index in [9.17, 15) is 43.5 Å². The van der Waals surface area contributed by atoms with Crippen molar-refractivity contribution >= 4 is 33.4 Å². The van der Waals surface area contributed by atoms with Gasteiger partial charge in [-0.25, -0.2) is 13.9 Å². The normalized spacial score (nSPS) is 19.6. The number of rotatable bonds is 42. The first kappa shape index (κ1) is 63.8. The first-order chi connectivity index (χ1) is 34.0. The topological polar surface area (TPSA) is 286 Å². The molecule has 2 heterocycles. The van der Waals surface area contributed by atoms with Gasteiger partial charge in [-0.15, -0.1) is 0 Å². The Morgan fingerprint density at radius 3 is 1.82 bits per heavy atom. The highest BCUT2D eigenvalue weighted by Crippen LogP contribution is 2.60. The monoisotopic (exact) mass is 1050 g/mol. The molecule has 1 aliphatic rings. The van der Waals surface area contributed by atoms with E-state index < -0.39 is 83.7 Å². The molecule has 0 radical (unpaired) electrons.